The standard InChI is InChI=1S/C22H22N4O3S/c1-14(2)12-29-18-6-4-5-16(11-18)20(27)23-21-24-22-26(25-21)19(13-30-22)15-7-9-17(28-3)10-8-15/h4-11,13-14H,12H2,1-3H3,(H,23,25,27). The average molecular weight is 423 g/mol. The molecule has 1 amide bonds. The van der Waals surface area contributed by atoms with Gasteiger partial charge in [-0.05, 0) is 48.4 Å². The van der Waals surface area contributed by atoms with Gasteiger partial charge in [-0.1, -0.05) is 19.9 Å². The Morgan fingerprint density at radius 2 is 1.97 bits per heavy atom. The number of carbonyl (C=O) groups is 1. The highest BCUT2D eigenvalue weighted by Crippen LogP contribution is 2.27. The molecular formula is C22H22N4O3S. The summed E-state index contributed by atoms with van der Waals surface area (Å²) in [6.45, 7) is 4.75. The number of aromatic nitrogens is 3. The Balaban J connectivity index is 1.52. The summed E-state index contributed by atoms with van der Waals surface area (Å²) in [5, 5.41) is 9.22. The fraction of sp³-hybridized carbons (Fsp3) is 0.227. The van der Waals surface area contributed by atoms with Crippen LogP contribution >= 0.6 is 11.3 Å². The number of nitrogens with zero attached hydrogens (tertiary/aromatic N) is 3. The van der Waals surface area contributed by atoms with E-state index in [1.807, 2.05) is 35.7 Å². The molecule has 2 heterocycles. The van der Waals surface area contributed by atoms with Crippen molar-refractivity contribution in [1.82, 2.24) is 14.6 Å². The van der Waals surface area contributed by atoms with Crippen LogP contribution in [0.4, 0.5) is 5.95 Å². The molecule has 2 aromatic carbocycles. The van der Waals surface area contributed by atoms with Gasteiger partial charge in [0, 0.05) is 16.5 Å². The molecule has 0 saturated carbocycles. The number of fused-ring (bicyclic) bond motifs is 1. The SMILES string of the molecule is COc1ccc(-c2csc3nc(NC(=O)c4cccc(OCC(C)C)c4)nn23)cc1. The summed E-state index contributed by atoms with van der Waals surface area (Å²) >= 11 is 1.46. The van der Waals surface area contributed by atoms with Crippen molar-refractivity contribution < 1.29 is 14.3 Å². The summed E-state index contributed by atoms with van der Waals surface area (Å²) in [5.74, 6) is 1.84. The van der Waals surface area contributed by atoms with Crippen LogP contribution < -0.4 is 14.8 Å². The van der Waals surface area contributed by atoms with Crippen molar-refractivity contribution in [3.8, 4) is 22.8 Å². The normalized spacial score (nSPS) is 11.1. The largest absolute Gasteiger partial charge is 0.497 e. The molecule has 0 unspecified atom stereocenters. The Bertz CT molecular complexity index is 1160. The van der Waals surface area contributed by atoms with Crippen LogP contribution in [0.15, 0.2) is 53.9 Å². The highest BCUT2D eigenvalue weighted by atomic mass is 32.1. The Morgan fingerprint density at radius 3 is 2.70 bits per heavy atom. The van der Waals surface area contributed by atoms with Crippen molar-refractivity contribution in [3.05, 3.63) is 59.5 Å². The number of hydrogen-bond acceptors (Lipinski definition) is 6. The Hall–Kier alpha value is -3.39. The van der Waals surface area contributed by atoms with Crippen LogP contribution in [-0.2, 0) is 0 Å². The third-order valence-corrected chi connectivity index (χ3v) is 5.19. The lowest BCUT2D eigenvalue weighted by Crippen LogP contribution is -2.13. The Labute approximate surface area is 178 Å². The van der Waals surface area contributed by atoms with Crippen LogP contribution in [0.25, 0.3) is 16.2 Å². The molecule has 0 aliphatic rings. The van der Waals surface area contributed by atoms with Crippen molar-refractivity contribution in [2.45, 2.75) is 13.8 Å². The minimum atomic E-state index is -0.283. The monoisotopic (exact) mass is 422 g/mol. The predicted octanol–water partition coefficient (Wildman–Crippen LogP) is 4.75. The number of amides is 1. The van der Waals surface area contributed by atoms with Crippen LogP contribution in [0.1, 0.15) is 24.2 Å². The first kappa shape index (κ1) is 19.9. The van der Waals surface area contributed by atoms with Gasteiger partial charge in [0.05, 0.1) is 19.4 Å². The molecule has 0 atom stereocenters. The van der Waals surface area contributed by atoms with E-state index in [0.717, 1.165) is 17.0 Å². The lowest BCUT2D eigenvalue weighted by atomic mass is 10.2. The number of benzene rings is 2. The molecule has 30 heavy (non-hydrogen) atoms. The molecule has 0 fully saturated rings. The molecule has 0 saturated heterocycles. The number of hydrogen-bond donors (Lipinski definition) is 1. The molecule has 4 aromatic rings. The molecule has 0 aliphatic heterocycles. The maximum absolute atomic E-state index is 12.7. The van der Waals surface area contributed by atoms with Gasteiger partial charge >= 0.3 is 0 Å². The van der Waals surface area contributed by atoms with Crippen LogP contribution in [0, 0.1) is 5.92 Å². The third-order valence-electron chi connectivity index (χ3n) is 4.37. The maximum Gasteiger partial charge on any atom is 0.258 e. The van der Waals surface area contributed by atoms with E-state index in [4.69, 9.17) is 9.47 Å². The highest BCUT2D eigenvalue weighted by molar-refractivity contribution is 7.15. The van der Waals surface area contributed by atoms with Crippen LogP contribution in [0.3, 0.4) is 0 Å². The quantitative estimate of drug-likeness (QED) is 0.465. The van der Waals surface area contributed by atoms with E-state index in [9.17, 15) is 4.79 Å². The number of nitrogens with one attached hydrogen (secondary N) is 1. The zero-order chi connectivity index (χ0) is 21.1. The van der Waals surface area contributed by atoms with Gasteiger partial charge in [-0.3, -0.25) is 10.1 Å². The van der Waals surface area contributed by atoms with Gasteiger partial charge in [0.2, 0.25) is 4.96 Å². The van der Waals surface area contributed by atoms with Gasteiger partial charge in [0.1, 0.15) is 11.5 Å². The lowest BCUT2D eigenvalue weighted by Gasteiger charge is -2.09. The fourth-order valence-corrected chi connectivity index (χ4v) is 3.69. The third kappa shape index (κ3) is 4.28. The summed E-state index contributed by atoms with van der Waals surface area (Å²) in [7, 11) is 1.64. The zero-order valence-corrected chi connectivity index (χ0v) is 17.8. The number of anilines is 1. The Kier molecular flexibility index (Phi) is 5.67. The molecule has 0 radical (unpaired) electrons. The van der Waals surface area contributed by atoms with Crippen LogP contribution in [0.5, 0.6) is 11.5 Å². The first-order valence-electron chi connectivity index (χ1n) is 9.56. The smallest absolute Gasteiger partial charge is 0.258 e. The van der Waals surface area contributed by atoms with E-state index >= 15 is 0 Å². The van der Waals surface area contributed by atoms with Crippen molar-refractivity contribution in [2.75, 3.05) is 19.0 Å². The van der Waals surface area contributed by atoms with Crippen LogP contribution in [0.2, 0.25) is 0 Å². The number of carbonyl (C=O) groups excluding carboxylic acids is 1. The van der Waals surface area contributed by atoms with Gasteiger partial charge in [-0.25, -0.2) is 4.52 Å². The lowest BCUT2D eigenvalue weighted by molar-refractivity contribution is 0.102. The summed E-state index contributed by atoms with van der Waals surface area (Å²) in [6, 6.07) is 14.8. The van der Waals surface area contributed by atoms with E-state index in [1.54, 1.807) is 29.8 Å². The molecule has 2 aromatic heterocycles. The summed E-state index contributed by atoms with van der Waals surface area (Å²) in [4.78, 5) is 17.8. The first-order valence-corrected chi connectivity index (χ1v) is 10.4. The van der Waals surface area contributed by atoms with E-state index in [1.165, 1.54) is 11.3 Å². The van der Waals surface area contributed by atoms with Gasteiger partial charge < -0.3 is 9.47 Å². The van der Waals surface area contributed by atoms with Crippen molar-refractivity contribution >= 4 is 28.2 Å². The fourth-order valence-electron chi connectivity index (χ4n) is 2.86. The molecule has 0 aliphatic carbocycles. The van der Waals surface area contributed by atoms with Crippen molar-refractivity contribution in [2.24, 2.45) is 5.92 Å². The highest BCUT2D eigenvalue weighted by Gasteiger charge is 2.15. The molecule has 1 N–H and O–H groups in total. The molecule has 8 heteroatoms. The molecular weight excluding hydrogens is 400 g/mol. The minimum absolute atomic E-state index is 0.259. The number of methoxy groups -OCH3 is 1. The van der Waals surface area contributed by atoms with E-state index in [0.29, 0.717) is 28.8 Å². The number of ether oxygens (including phenoxy) is 2. The molecule has 4 rings (SSSR count). The summed E-state index contributed by atoms with van der Waals surface area (Å²) in [5.41, 5.74) is 2.37. The first-order chi connectivity index (χ1) is 14.5. The van der Waals surface area contributed by atoms with Gasteiger partial charge in [0.15, 0.2) is 0 Å². The molecule has 0 bridgehead atoms. The van der Waals surface area contributed by atoms with E-state index in [2.05, 4.69) is 29.2 Å². The molecule has 154 valence electrons. The van der Waals surface area contributed by atoms with Crippen molar-refractivity contribution in [1.29, 1.82) is 0 Å². The van der Waals surface area contributed by atoms with E-state index in [-0.39, 0.29) is 11.9 Å². The topological polar surface area (TPSA) is 77.8 Å². The predicted molar refractivity (Wildman–Crippen MR) is 118 cm³/mol. The van der Waals surface area contributed by atoms with Gasteiger partial charge in [0.25, 0.3) is 11.9 Å². The maximum atomic E-state index is 12.7. The molecule has 7 nitrogen and oxygen atoms in total. The second-order valence-corrected chi connectivity index (χ2v) is 8.00. The second-order valence-electron chi connectivity index (χ2n) is 7.17. The second kappa shape index (κ2) is 8.54. The summed E-state index contributed by atoms with van der Waals surface area (Å²) in [6.07, 6.45) is 0. The number of rotatable bonds is 7. The average Bonchev–Trinajstić information content (AvgIpc) is 3.32. The Morgan fingerprint density at radius 1 is 1.17 bits per heavy atom. The van der Waals surface area contributed by atoms with Crippen LogP contribution in [-0.4, -0.2) is 34.2 Å². The van der Waals surface area contributed by atoms with E-state index < -0.39 is 0 Å². The van der Waals surface area contributed by atoms with Gasteiger partial charge in [-0.2, -0.15) is 4.98 Å². The zero-order valence-electron chi connectivity index (χ0n) is 17.0. The van der Waals surface area contributed by atoms with Crippen molar-refractivity contribution in [3.63, 3.8) is 0 Å². The number of thiazole rings is 1. The van der Waals surface area contributed by atoms with Gasteiger partial charge in [-0.15, -0.1) is 16.4 Å². The molecule has 0 spiro atoms. The minimum Gasteiger partial charge on any atom is -0.497 e. The summed E-state index contributed by atoms with van der Waals surface area (Å²) < 4.78 is 12.6.